The molecule has 0 amide bonds. The van der Waals surface area contributed by atoms with Crippen LogP contribution in [-0.2, 0) is 17.9 Å². The second-order valence-electron chi connectivity index (χ2n) is 4.15. The summed E-state index contributed by atoms with van der Waals surface area (Å²) in [6.07, 6.45) is 2.90. The largest absolute Gasteiger partial charge is 0.456 e. The quantitative estimate of drug-likeness (QED) is 0.755. The molecule has 94 valence electrons. The SMILES string of the molecule is CCCn1cccc1C(=O)OCc1ccccc1. The molecule has 0 saturated carbocycles. The van der Waals surface area contributed by atoms with Gasteiger partial charge in [0, 0.05) is 12.7 Å². The predicted octanol–water partition coefficient (Wildman–Crippen LogP) is 3.26. The Labute approximate surface area is 107 Å². The molecular formula is C15H17NO2. The van der Waals surface area contributed by atoms with Gasteiger partial charge in [-0.15, -0.1) is 0 Å². The van der Waals surface area contributed by atoms with Gasteiger partial charge >= 0.3 is 5.97 Å². The number of carbonyl (C=O) groups is 1. The molecule has 0 aliphatic rings. The van der Waals surface area contributed by atoms with Crippen molar-refractivity contribution in [3.63, 3.8) is 0 Å². The van der Waals surface area contributed by atoms with E-state index in [1.807, 2.05) is 47.2 Å². The zero-order valence-electron chi connectivity index (χ0n) is 10.5. The summed E-state index contributed by atoms with van der Waals surface area (Å²) in [5.41, 5.74) is 1.62. The molecule has 0 saturated heterocycles. The number of aryl methyl sites for hydroxylation is 1. The molecule has 2 aromatic rings. The summed E-state index contributed by atoms with van der Waals surface area (Å²) in [4.78, 5) is 11.9. The highest BCUT2D eigenvalue weighted by Crippen LogP contribution is 2.08. The number of esters is 1. The van der Waals surface area contributed by atoms with E-state index < -0.39 is 0 Å². The van der Waals surface area contributed by atoms with Crippen molar-refractivity contribution in [2.75, 3.05) is 0 Å². The Balaban J connectivity index is 1.97. The van der Waals surface area contributed by atoms with Crippen LogP contribution >= 0.6 is 0 Å². The van der Waals surface area contributed by atoms with Crippen molar-refractivity contribution in [1.29, 1.82) is 0 Å². The molecule has 0 atom stereocenters. The zero-order valence-corrected chi connectivity index (χ0v) is 10.5. The Morgan fingerprint density at radius 2 is 1.94 bits per heavy atom. The highest BCUT2D eigenvalue weighted by atomic mass is 16.5. The van der Waals surface area contributed by atoms with Crippen molar-refractivity contribution < 1.29 is 9.53 Å². The molecule has 1 aromatic heterocycles. The summed E-state index contributed by atoms with van der Waals surface area (Å²) in [5.74, 6) is -0.266. The summed E-state index contributed by atoms with van der Waals surface area (Å²) in [6.45, 7) is 3.23. The molecule has 0 aliphatic carbocycles. The number of aromatic nitrogens is 1. The van der Waals surface area contributed by atoms with Crippen LogP contribution in [0.2, 0.25) is 0 Å². The molecule has 0 N–H and O–H groups in total. The van der Waals surface area contributed by atoms with Gasteiger partial charge in [0.1, 0.15) is 12.3 Å². The molecule has 0 radical (unpaired) electrons. The van der Waals surface area contributed by atoms with Crippen molar-refractivity contribution in [2.24, 2.45) is 0 Å². The Hall–Kier alpha value is -2.03. The van der Waals surface area contributed by atoms with E-state index in [0.29, 0.717) is 12.3 Å². The number of benzene rings is 1. The third kappa shape index (κ3) is 3.00. The summed E-state index contributed by atoms with van der Waals surface area (Å²) < 4.78 is 7.22. The van der Waals surface area contributed by atoms with E-state index >= 15 is 0 Å². The smallest absolute Gasteiger partial charge is 0.355 e. The van der Waals surface area contributed by atoms with Crippen LogP contribution in [0.4, 0.5) is 0 Å². The summed E-state index contributed by atoms with van der Waals surface area (Å²) in [7, 11) is 0. The van der Waals surface area contributed by atoms with Crippen molar-refractivity contribution in [2.45, 2.75) is 26.5 Å². The van der Waals surface area contributed by atoms with Gasteiger partial charge in [0.25, 0.3) is 0 Å². The fourth-order valence-corrected chi connectivity index (χ4v) is 1.83. The summed E-state index contributed by atoms with van der Waals surface area (Å²) in [5, 5.41) is 0. The van der Waals surface area contributed by atoms with Crippen LogP contribution in [0, 0.1) is 0 Å². The minimum absolute atomic E-state index is 0.266. The molecule has 0 fully saturated rings. The number of hydrogen-bond donors (Lipinski definition) is 0. The van der Waals surface area contributed by atoms with Gasteiger partial charge in [-0.3, -0.25) is 0 Å². The van der Waals surface area contributed by atoms with E-state index in [4.69, 9.17) is 4.74 Å². The fourth-order valence-electron chi connectivity index (χ4n) is 1.83. The lowest BCUT2D eigenvalue weighted by Gasteiger charge is -2.08. The highest BCUT2D eigenvalue weighted by molar-refractivity contribution is 5.87. The number of carbonyl (C=O) groups excluding carboxylic acids is 1. The van der Waals surface area contributed by atoms with E-state index in [-0.39, 0.29) is 5.97 Å². The second-order valence-corrected chi connectivity index (χ2v) is 4.15. The average molecular weight is 243 g/mol. The summed E-state index contributed by atoms with van der Waals surface area (Å²) in [6, 6.07) is 13.4. The zero-order chi connectivity index (χ0) is 12.8. The van der Waals surface area contributed by atoms with Gasteiger partial charge in [0.15, 0.2) is 0 Å². The molecule has 0 spiro atoms. The number of nitrogens with zero attached hydrogens (tertiary/aromatic N) is 1. The maximum Gasteiger partial charge on any atom is 0.355 e. The predicted molar refractivity (Wildman–Crippen MR) is 70.3 cm³/mol. The third-order valence-electron chi connectivity index (χ3n) is 2.72. The number of rotatable bonds is 5. The molecular weight excluding hydrogens is 226 g/mol. The molecule has 0 unspecified atom stereocenters. The first-order valence-electron chi connectivity index (χ1n) is 6.17. The molecule has 3 nitrogen and oxygen atoms in total. The molecule has 1 aromatic carbocycles. The lowest BCUT2D eigenvalue weighted by atomic mass is 10.2. The second kappa shape index (κ2) is 6.05. The normalized spacial score (nSPS) is 10.3. The minimum atomic E-state index is -0.266. The van der Waals surface area contributed by atoms with E-state index in [1.165, 1.54) is 0 Å². The Bertz CT molecular complexity index is 502. The maximum absolute atomic E-state index is 11.9. The van der Waals surface area contributed by atoms with Gasteiger partial charge in [-0.05, 0) is 24.1 Å². The van der Waals surface area contributed by atoms with Crippen LogP contribution in [0.1, 0.15) is 29.4 Å². The van der Waals surface area contributed by atoms with E-state index in [0.717, 1.165) is 18.5 Å². The standard InChI is InChI=1S/C15H17NO2/c1-2-10-16-11-6-9-14(16)15(17)18-12-13-7-4-3-5-8-13/h3-9,11H,2,10,12H2,1H3. The van der Waals surface area contributed by atoms with Crippen LogP contribution in [0.3, 0.4) is 0 Å². The Morgan fingerprint density at radius 3 is 2.67 bits per heavy atom. The molecule has 0 aliphatic heterocycles. The molecule has 0 bridgehead atoms. The van der Waals surface area contributed by atoms with Crippen LogP contribution in [0.15, 0.2) is 48.7 Å². The topological polar surface area (TPSA) is 31.2 Å². The fraction of sp³-hybridized carbons (Fsp3) is 0.267. The molecule has 2 rings (SSSR count). The van der Waals surface area contributed by atoms with Crippen molar-refractivity contribution in [3.05, 3.63) is 59.9 Å². The van der Waals surface area contributed by atoms with Crippen molar-refractivity contribution >= 4 is 5.97 Å². The monoisotopic (exact) mass is 243 g/mol. The third-order valence-corrected chi connectivity index (χ3v) is 2.72. The van der Waals surface area contributed by atoms with Gasteiger partial charge in [-0.2, -0.15) is 0 Å². The van der Waals surface area contributed by atoms with Crippen LogP contribution < -0.4 is 0 Å². The van der Waals surface area contributed by atoms with Crippen LogP contribution in [0.25, 0.3) is 0 Å². The summed E-state index contributed by atoms with van der Waals surface area (Å²) >= 11 is 0. The lowest BCUT2D eigenvalue weighted by molar-refractivity contribution is 0.0460. The van der Waals surface area contributed by atoms with Gasteiger partial charge < -0.3 is 9.30 Å². The van der Waals surface area contributed by atoms with E-state index in [9.17, 15) is 4.79 Å². The Morgan fingerprint density at radius 1 is 1.17 bits per heavy atom. The first-order chi connectivity index (χ1) is 8.81. The first kappa shape index (κ1) is 12.4. The molecule has 3 heteroatoms. The average Bonchev–Trinajstić information content (AvgIpc) is 2.86. The van der Waals surface area contributed by atoms with E-state index in [1.54, 1.807) is 6.07 Å². The van der Waals surface area contributed by atoms with Gasteiger partial charge in [0.05, 0.1) is 0 Å². The van der Waals surface area contributed by atoms with Gasteiger partial charge in [0.2, 0.25) is 0 Å². The van der Waals surface area contributed by atoms with Crippen molar-refractivity contribution in [1.82, 2.24) is 4.57 Å². The maximum atomic E-state index is 11.9. The first-order valence-corrected chi connectivity index (χ1v) is 6.17. The minimum Gasteiger partial charge on any atom is -0.456 e. The van der Waals surface area contributed by atoms with Gasteiger partial charge in [-0.1, -0.05) is 37.3 Å². The number of hydrogen-bond acceptors (Lipinski definition) is 2. The molecule has 1 heterocycles. The molecule has 18 heavy (non-hydrogen) atoms. The van der Waals surface area contributed by atoms with E-state index in [2.05, 4.69) is 6.92 Å². The van der Waals surface area contributed by atoms with Crippen LogP contribution in [0.5, 0.6) is 0 Å². The number of ether oxygens (including phenoxy) is 1. The van der Waals surface area contributed by atoms with Gasteiger partial charge in [-0.25, -0.2) is 4.79 Å². The van der Waals surface area contributed by atoms with Crippen LogP contribution in [-0.4, -0.2) is 10.5 Å². The lowest BCUT2D eigenvalue weighted by Crippen LogP contribution is -2.11. The Kier molecular flexibility index (Phi) is 4.18. The van der Waals surface area contributed by atoms with Crippen molar-refractivity contribution in [3.8, 4) is 0 Å². The highest BCUT2D eigenvalue weighted by Gasteiger charge is 2.11.